The van der Waals surface area contributed by atoms with Gasteiger partial charge in [-0.15, -0.1) is 0 Å². The first-order valence-electron chi connectivity index (χ1n) is 10.5. The number of rotatable bonds is 5. The van der Waals surface area contributed by atoms with Gasteiger partial charge in [0.1, 0.15) is 11.9 Å². The Balaban J connectivity index is 1.83. The quantitative estimate of drug-likeness (QED) is 0.362. The Bertz CT molecular complexity index is 1490. The third kappa shape index (κ3) is 3.95. The zero-order valence-corrected chi connectivity index (χ0v) is 19.1. The molecular weight excluding hydrogens is 432 g/mol. The summed E-state index contributed by atoms with van der Waals surface area (Å²) in [5.74, 6) is -1.98. The van der Waals surface area contributed by atoms with Crippen molar-refractivity contribution in [2.45, 2.75) is 27.7 Å². The maximum Gasteiger partial charge on any atom is 0.335 e. The molecule has 34 heavy (non-hydrogen) atoms. The SMILES string of the molecule is Cc1cc2nc(/C(C#N)=C\c3cc(C)n(-c4cc(C(=O)O)cc(C(=O)O)c4)c3C)[nH]c2cc1C. The molecular formula is C26H22N4O4. The second-order valence-electron chi connectivity index (χ2n) is 8.25. The van der Waals surface area contributed by atoms with Crippen LogP contribution >= 0.6 is 0 Å². The monoisotopic (exact) mass is 454 g/mol. The molecule has 0 saturated heterocycles. The molecule has 0 aliphatic heterocycles. The number of aromatic nitrogens is 3. The van der Waals surface area contributed by atoms with Gasteiger partial charge in [-0.2, -0.15) is 5.26 Å². The number of hydrogen-bond donors (Lipinski definition) is 3. The molecule has 2 aromatic heterocycles. The van der Waals surface area contributed by atoms with Gasteiger partial charge in [-0.1, -0.05) is 0 Å². The van der Waals surface area contributed by atoms with Gasteiger partial charge in [0, 0.05) is 17.1 Å². The number of carbonyl (C=O) groups is 2. The summed E-state index contributed by atoms with van der Waals surface area (Å²) in [6.45, 7) is 7.68. The van der Waals surface area contributed by atoms with Crippen molar-refractivity contribution in [1.82, 2.24) is 14.5 Å². The minimum atomic E-state index is -1.21. The zero-order chi connectivity index (χ0) is 24.7. The minimum Gasteiger partial charge on any atom is -0.478 e. The second-order valence-corrected chi connectivity index (χ2v) is 8.25. The molecule has 0 aliphatic carbocycles. The van der Waals surface area contributed by atoms with Gasteiger partial charge in [-0.05, 0) is 86.9 Å². The molecule has 0 saturated carbocycles. The molecule has 0 aliphatic rings. The van der Waals surface area contributed by atoms with Crippen molar-refractivity contribution in [2.75, 3.05) is 0 Å². The van der Waals surface area contributed by atoms with Crippen molar-refractivity contribution in [3.05, 3.63) is 81.4 Å². The van der Waals surface area contributed by atoms with Crippen molar-refractivity contribution in [3.8, 4) is 11.8 Å². The Hall–Kier alpha value is -4.64. The standard InChI is InChI=1S/C26H22N4O4/c1-13-5-22-23(6-14(13)2)29-24(28-22)20(12-27)8-17-7-15(3)30(16(17)4)21-10-18(25(31)32)9-19(11-21)26(33)34/h5-11H,1-4H3,(H,28,29)(H,31,32)(H,33,34)/b20-8-. The highest BCUT2D eigenvalue weighted by Gasteiger charge is 2.17. The number of nitrogens with zero attached hydrogens (tertiary/aromatic N) is 3. The van der Waals surface area contributed by atoms with Crippen LogP contribution in [0, 0.1) is 39.0 Å². The Kier molecular flexibility index (Phi) is 5.55. The van der Waals surface area contributed by atoms with Crippen molar-refractivity contribution in [1.29, 1.82) is 5.26 Å². The van der Waals surface area contributed by atoms with E-state index in [1.54, 1.807) is 10.6 Å². The van der Waals surface area contributed by atoms with Gasteiger partial charge < -0.3 is 19.8 Å². The average molecular weight is 454 g/mol. The molecule has 2 heterocycles. The summed E-state index contributed by atoms with van der Waals surface area (Å²) in [4.78, 5) is 30.9. The second kappa shape index (κ2) is 8.37. The van der Waals surface area contributed by atoms with Gasteiger partial charge in [0.15, 0.2) is 0 Å². The molecule has 0 amide bonds. The van der Waals surface area contributed by atoms with Crippen molar-refractivity contribution in [3.63, 3.8) is 0 Å². The van der Waals surface area contributed by atoms with E-state index in [-0.39, 0.29) is 11.1 Å². The van der Waals surface area contributed by atoms with E-state index in [1.807, 2.05) is 45.9 Å². The van der Waals surface area contributed by atoms with E-state index < -0.39 is 11.9 Å². The number of carboxylic acid groups (broad SMARTS) is 2. The summed E-state index contributed by atoms with van der Waals surface area (Å²) in [5, 5.41) is 28.7. The van der Waals surface area contributed by atoms with Gasteiger partial charge in [-0.3, -0.25) is 0 Å². The highest BCUT2D eigenvalue weighted by Crippen LogP contribution is 2.27. The molecule has 0 unspecified atom stereocenters. The van der Waals surface area contributed by atoms with E-state index in [4.69, 9.17) is 0 Å². The lowest BCUT2D eigenvalue weighted by Gasteiger charge is -2.12. The first-order valence-corrected chi connectivity index (χ1v) is 10.5. The van der Waals surface area contributed by atoms with E-state index in [1.165, 1.54) is 12.1 Å². The molecule has 3 N–H and O–H groups in total. The summed E-state index contributed by atoms with van der Waals surface area (Å²) < 4.78 is 1.77. The lowest BCUT2D eigenvalue weighted by Crippen LogP contribution is -2.07. The van der Waals surface area contributed by atoms with Gasteiger partial charge in [-0.25, -0.2) is 14.6 Å². The van der Waals surface area contributed by atoms with Crippen LogP contribution in [-0.2, 0) is 0 Å². The highest BCUT2D eigenvalue weighted by molar-refractivity contribution is 5.95. The molecule has 8 heteroatoms. The van der Waals surface area contributed by atoms with Gasteiger partial charge in [0.05, 0.1) is 27.7 Å². The molecule has 0 spiro atoms. The van der Waals surface area contributed by atoms with Crippen LogP contribution in [0.2, 0.25) is 0 Å². The number of aromatic amines is 1. The summed E-state index contributed by atoms with van der Waals surface area (Å²) in [7, 11) is 0. The van der Waals surface area contributed by atoms with E-state index in [0.29, 0.717) is 17.1 Å². The first-order chi connectivity index (χ1) is 16.1. The number of allylic oxidation sites excluding steroid dienone is 1. The molecule has 2 aromatic carbocycles. The number of aryl methyl sites for hydroxylation is 3. The van der Waals surface area contributed by atoms with Crippen LogP contribution in [0.1, 0.15) is 54.6 Å². The summed E-state index contributed by atoms with van der Waals surface area (Å²) in [5.41, 5.74) is 6.60. The van der Waals surface area contributed by atoms with E-state index >= 15 is 0 Å². The summed E-state index contributed by atoms with van der Waals surface area (Å²) >= 11 is 0. The average Bonchev–Trinajstić information content (AvgIpc) is 3.31. The predicted molar refractivity (Wildman–Crippen MR) is 128 cm³/mol. The number of hydrogen-bond acceptors (Lipinski definition) is 4. The van der Waals surface area contributed by atoms with Gasteiger partial charge in [0.25, 0.3) is 0 Å². The number of benzene rings is 2. The lowest BCUT2D eigenvalue weighted by atomic mass is 10.1. The Labute approximate surface area is 195 Å². The number of nitriles is 1. The topological polar surface area (TPSA) is 132 Å². The van der Waals surface area contributed by atoms with Crippen molar-refractivity contribution in [2.24, 2.45) is 0 Å². The number of fused-ring (bicyclic) bond motifs is 1. The lowest BCUT2D eigenvalue weighted by molar-refractivity contribution is 0.0696. The smallest absolute Gasteiger partial charge is 0.335 e. The Morgan fingerprint density at radius 2 is 1.59 bits per heavy atom. The number of nitrogens with one attached hydrogen (secondary N) is 1. The van der Waals surface area contributed by atoms with Gasteiger partial charge >= 0.3 is 11.9 Å². The van der Waals surface area contributed by atoms with Crippen molar-refractivity contribution < 1.29 is 19.8 Å². The Morgan fingerprint density at radius 1 is 0.971 bits per heavy atom. The largest absolute Gasteiger partial charge is 0.478 e. The first kappa shape index (κ1) is 22.6. The van der Waals surface area contributed by atoms with Crippen molar-refractivity contribution >= 4 is 34.6 Å². The number of imidazole rings is 1. The highest BCUT2D eigenvalue weighted by atomic mass is 16.4. The Morgan fingerprint density at radius 3 is 2.18 bits per heavy atom. The summed E-state index contributed by atoms with van der Waals surface area (Å²) in [6.07, 6.45) is 1.72. The fraction of sp³-hybridized carbons (Fsp3) is 0.154. The molecule has 4 rings (SSSR count). The fourth-order valence-corrected chi connectivity index (χ4v) is 4.02. The number of aromatic carboxylic acids is 2. The molecule has 8 nitrogen and oxygen atoms in total. The van der Waals surface area contributed by atoms with Crippen LogP contribution in [0.5, 0.6) is 0 Å². The van der Waals surface area contributed by atoms with E-state index in [9.17, 15) is 25.1 Å². The number of carboxylic acids is 2. The van der Waals surface area contributed by atoms with Crippen LogP contribution < -0.4 is 0 Å². The summed E-state index contributed by atoms with van der Waals surface area (Å²) in [6, 6.07) is 12.0. The molecule has 0 radical (unpaired) electrons. The normalized spacial score (nSPS) is 11.6. The van der Waals surface area contributed by atoms with E-state index in [2.05, 4.69) is 16.0 Å². The number of H-pyrrole nitrogens is 1. The third-order valence-electron chi connectivity index (χ3n) is 5.91. The molecule has 170 valence electrons. The maximum absolute atomic E-state index is 11.5. The van der Waals surface area contributed by atoms with Crippen LogP contribution in [0.3, 0.4) is 0 Å². The van der Waals surface area contributed by atoms with E-state index in [0.717, 1.165) is 45.2 Å². The third-order valence-corrected chi connectivity index (χ3v) is 5.91. The molecule has 0 fully saturated rings. The zero-order valence-electron chi connectivity index (χ0n) is 19.1. The molecule has 4 aromatic rings. The molecule has 0 atom stereocenters. The minimum absolute atomic E-state index is 0.120. The van der Waals surface area contributed by atoms with Crippen LogP contribution in [0.4, 0.5) is 0 Å². The maximum atomic E-state index is 11.5. The van der Waals surface area contributed by atoms with Crippen LogP contribution in [-0.4, -0.2) is 36.7 Å². The van der Waals surface area contributed by atoms with Gasteiger partial charge in [0.2, 0.25) is 0 Å². The molecule has 0 bridgehead atoms. The predicted octanol–water partition coefficient (Wildman–Crippen LogP) is 5.05. The van der Waals surface area contributed by atoms with Crippen LogP contribution in [0.25, 0.3) is 28.4 Å². The fourth-order valence-electron chi connectivity index (χ4n) is 4.02. The van der Waals surface area contributed by atoms with Crippen LogP contribution in [0.15, 0.2) is 36.4 Å².